The van der Waals surface area contributed by atoms with E-state index in [1.54, 1.807) is 42.6 Å². The summed E-state index contributed by atoms with van der Waals surface area (Å²) in [6, 6.07) is 12.4. The molecule has 0 saturated heterocycles. The Labute approximate surface area is 141 Å². The molecule has 0 aliphatic rings. The SMILES string of the molecule is COc1ccccc1NC(=O)CSc1nc(=O)n2ccccc2n1. The Hall–Kier alpha value is -2.87. The third-order valence-corrected chi connectivity index (χ3v) is 4.01. The summed E-state index contributed by atoms with van der Waals surface area (Å²) < 4.78 is 6.53. The number of para-hydroxylation sites is 2. The zero-order valence-electron chi connectivity index (χ0n) is 12.8. The van der Waals surface area contributed by atoms with Gasteiger partial charge in [0.2, 0.25) is 5.91 Å². The molecule has 3 aromatic rings. The van der Waals surface area contributed by atoms with Gasteiger partial charge in [-0.3, -0.25) is 9.20 Å². The van der Waals surface area contributed by atoms with Crippen LogP contribution in [0.1, 0.15) is 0 Å². The van der Waals surface area contributed by atoms with E-state index < -0.39 is 5.69 Å². The summed E-state index contributed by atoms with van der Waals surface area (Å²) in [6.45, 7) is 0. The van der Waals surface area contributed by atoms with Crippen molar-refractivity contribution in [3.63, 3.8) is 0 Å². The van der Waals surface area contributed by atoms with Gasteiger partial charge in [0.25, 0.3) is 0 Å². The number of carbonyl (C=O) groups excluding carboxylic acids is 1. The van der Waals surface area contributed by atoms with Crippen LogP contribution >= 0.6 is 11.8 Å². The molecule has 0 spiro atoms. The highest BCUT2D eigenvalue weighted by Crippen LogP contribution is 2.23. The Kier molecular flexibility index (Phi) is 4.76. The van der Waals surface area contributed by atoms with Crippen LogP contribution in [-0.2, 0) is 4.79 Å². The van der Waals surface area contributed by atoms with E-state index in [9.17, 15) is 9.59 Å². The molecular formula is C16H14N4O3S. The Bertz CT molecular complexity index is 942. The molecule has 0 atom stereocenters. The van der Waals surface area contributed by atoms with Crippen LogP contribution in [0.4, 0.5) is 5.69 Å². The number of ether oxygens (including phenoxy) is 1. The van der Waals surface area contributed by atoms with Crippen molar-refractivity contribution in [2.45, 2.75) is 5.16 Å². The lowest BCUT2D eigenvalue weighted by atomic mass is 10.3. The van der Waals surface area contributed by atoms with Gasteiger partial charge in [-0.05, 0) is 24.3 Å². The van der Waals surface area contributed by atoms with Gasteiger partial charge in [-0.2, -0.15) is 4.98 Å². The molecule has 1 N–H and O–H groups in total. The van der Waals surface area contributed by atoms with E-state index >= 15 is 0 Å². The molecule has 0 fully saturated rings. The van der Waals surface area contributed by atoms with Crippen LogP contribution in [0.25, 0.3) is 5.65 Å². The maximum Gasteiger partial charge on any atom is 0.355 e. The lowest BCUT2D eigenvalue weighted by molar-refractivity contribution is -0.113. The van der Waals surface area contributed by atoms with Crippen LogP contribution in [-0.4, -0.2) is 33.1 Å². The predicted octanol–water partition coefficient (Wildman–Crippen LogP) is 1.83. The van der Waals surface area contributed by atoms with Gasteiger partial charge in [0.1, 0.15) is 11.4 Å². The highest BCUT2D eigenvalue weighted by atomic mass is 32.2. The molecule has 7 nitrogen and oxygen atoms in total. The van der Waals surface area contributed by atoms with Crippen LogP contribution in [0.3, 0.4) is 0 Å². The molecule has 0 saturated carbocycles. The molecular weight excluding hydrogens is 328 g/mol. The molecule has 0 bridgehead atoms. The second kappa shape index (κ2) is 7.14. The number of hydrogen-bond acceptors (Lipinski definition) is 6. The van der Waals surface area contributed by atoms with Crippen LogP contribution in [0.15, 0.2) is 58.6 Å². The summed E-state index contributed by atoms with van der Waals surface area (Å²) in [4.78, 5) is 32.1. The van der Waals surface area contributed by atoms with E-state index in [1.165, 1.54) is 11.5 Å². The molecule has 1 amide bonds. The third kappa shape index (κ3) is 3.54. The smallest absolute Gasteiger partial charge is 0.355 e. The number of amides is 1. The van der Waals surface area contributed by atoms with Gasteiger partial charge in [0.05, 0.1) is 18.6 Å². The number of thioether (sulfide) groups is 1. The zero-order chi connectivity index (χ0) is 16.9. The van der Waals surface area contributed by atoms with Gasteiger partial charge in [-0.15, -0.1) is 0 Å². The van der Waals surface area contributed by atoms with E-state index in [-0.39, 0.29) is 16.8 Å². The van der Waals surface area contributed by atoms with Gasteiger partial charge < -0.3 is 10.1 Å². The molecule has 0 aliphatic heterocycles. The van der Waals surface area contributed by atoms with Crippen LogP contribution in [0.2, 0.25) is 0 Å². The fraction of sp³-hybridized carbons (Fsp3) is 0.125. The van der Waals surface area contributed by atoms with Crippen LogP contribution in [0, 0.1) is 0 Å². The number of rotatable bonds is 5. The lowest BCUT2D eigenvalue weighted by Gasteiger charge is -2.09. The second-order valence-electron chi connectivity index (χ2n) is 4.75. The molecule has 24 heavy (non-hydrogen) atoms. The highest BCUT2D eigenvalue weighted by molar-refractivity contribution is 7.99. The first-order valence-electron chi connectivity index (χ1n) is 7.08. The number of fused-ring (bicyclic) bond motifs is 1. The van der Waals surface area contributed by atoms with Crippen molar-refractivity contribution < 1.29 is 9.53 Å². The van der Waals surface area contributed by atoms with E-state index in [0.29, 0.717) is 17.1 Å². The molecule has 8 heteroatoms. The summed E-state index contributed by atoms with van der Waals surface area (Å²) in [5.74, 6) is 0.429. The summed E-state index contributed by atoms with van der Waals surface area (Å²) in [5.41, 5.74) is 0.656. The minimum atomic E-state index is -0.423. The van der Waals surface area contributed by atoms with Crippen molar-refractivity contribution in [1.29, 1.82) is 0 Å². The number of pyridine rings is 1. The van der Waals surface area contributed by atoms with Gasteiger partial charge in [0, 0.05) is 6.20 Å². The van der Waals surface area contributed by atoms with E-state index in [0.717, 1.165) is 11.8 Å². The summed E-state index contributed by atoms with van der Waals surface area (Å²) in [6.07, 6.45) is 1.60. The quantitative estimate of drug-likeness (QED) is 0.712. The molecule has 0 unspecified atom stereocenters. The van der Waals surface area contributed by atoms with E-state index in [2.05, 4.69) is 15.3 Å². The number of methoxy groups -OCH3 is 1. The molecule has 1 aromatic carbocycles. The maximum atomic E-state index is 12.1. The largest absolute Gasteiger partial charge is 0.495 e. The zero-order valence-corrected chi connectivity index (χ0v) is 13.6. The molecule has 2 aromatic heterocycles. The first kappa shape index (κ1) is 16.0. The van der Waals surface area contributed by atoms with E-state index in [1.807, 2.05) is 6.07 Å². The minimum absolute atomic E-state index is 0.0838. The van der Waals surface area contributed by atoms with Gasteiger partial charge >= 0.3 is 5.69 Å². The van der Waals surface area contributed by atoms with Gasteiger partial charge in [-0.1, -0.05) is 30.0 Å². The number of nitrogens with one attached hydrogen (secondary N) is 1. The first-order chi connectivity index (χ1) is 11.7. The number of benzene rings is 1. The number of hydrogen-bond donors (Lipinski definition) is 1. The van der Waals surface area contributed by atoms with Crippen molar-refractivity contribution in [2.75, 3.05) is 18.2 Å². The fourth-order valence-electron chi connectivity index (χ4n) is 2.07. The van der Waals surface area contributed by atoms with Crippen molar-refractivity contribution >= 4 is 29.0 Å². The molecule has 0 aliphatic carbocycles. The Morgan fingerprint density at radius 3 is 2.83 bits per heavy atom. The summed E-state index contributed by atoms with van der Waals surface area (Å²) in [5, 5.41) is 3.02. The summed E-state index contributed by atoms with van der Waals surface area (Å²) >= 11 is 1.10. The lowest BCUT2D eigenvalue weighted by Crippen LogP contribution is -2.20. The van der Waals surface area contributed by atoms with Gasteiger partial charge in [0.15, 0.2) is 5.16 Å². The topological polar surface area (TPSA) is 85.6 Å². The Morgan fingerprint density at radius 2 is 2.00 bits per heavy atom. The van der Waals surface area contributed by atoms with Gasteiger partial charge in [-0.25, -0.2) is 9.78 Å². The fourth-order valence-corrected chi connectivity index (χ4v) is 2.71. The van der Waals surface area contributed by atoms with Crippen molar-refractivity contribution in [3.05, 3.63) is 59.1 Å². The number of nitrogens with zero attached hydrogens (tertiary/aromatic N) is 3. The molecule has 2 heterocycles. The molecule has 3 rings (SSSR count). The van der Waals surface area contributed by atoms with E-state index in [4.69, 9.17) is 4.74 Å². The van der Waals surface area contributed by atoms with Crippen LogP contribution in [0.5, 0.6) is 5.75 Å². The Balaban J connectivity index is 1.69. The predicted molar refractivity (Wildman–Crippen MR) is 91.6 cm³/mol. The third-order valence-electron chi connectivity index (χ3n) is 3.16. The monoisotopic (exact) mass is 342 g/mol. The highest BCUT2D eigenvalue weighted by Gasteiger charge is 2.10. The van der Waals surface area contributed by atoms with Crippen molar-refractivity contribution in [3.8, 4) is 5.75 Å². The number of aromatic nitrogens is 3. The average Bonchev–Trinajstić information content (AvgIpc) is 2.60. The number of carbonyl (C=O) groups is 1. The maximum absolute atomic E-state index is 12.1. The number of anilines is 1. The van der Waals surface area contributed by atoms with Crippen molar-refractivity contribution in [1.82, 2.24) is 14.4 Å². The molecule has 122 valence electrons. The standard InChI is InChI=1S/C16H14N4O3S/c1-23-12-7-3-2-6-11(12)17-14(21)10-24-15-18-13-8-4-5-9-20(13)16(22)19-15/h2-9H,10H2,1H3,(H,17,21). The van der Waals surface area contributed by atoms with Crippen LogP contribution < -0.4 is 15.7 Å². The average molecular weight is 342 g/mol. The minimum Gasteiger partial charge on any atom is -0.495 e. The Morgan fingerprint density at radius 1 is 1.21 bits per heavy atom. The normalized spacial score (nSPS) is 10.5. The second-order valence-corrected chi connectivity index (χ2v) is 5.70. The first-order valence-corrected chi connectivity index (χ1v) is 8.07. The molecule has 0 radical (unpaired) electrons. The summed E-state index contributed by atoms with van der Waals surface area (Å²) in [7, 11) is 1.54. The van der Waals surface area contributed by atoms with Crippen molar-refractivity contribution in [2.24, 2.45) is 0 Å².